The lowest BCUT2D eigenvalue weighted by Gasteiger charge is -2.50. The highest BCUT2D eigenvalue weighted by molar-refractivity contribution is 5.69. The van der Waals surface area contributed by atoms with Crippen molar-refractivity contribution >= 4 is 6.09 Å². The number of carbonyl (C=O) groups excluding carboxylic acids is 1. The highest BCUT2D eigenvalue weighted by Crippen LogP contribution is 2.42. The standard InChI is InChI=1S/C20H25N3O4/c1-14-18(10-22(2)21-14)20(25)8-16-12-26-13-17(9-20)23(16)19(24)27-11-15-6-4-3-5-7-15/h3-7,10,16-17,25H,8-9,11-13H2,1-2H3. The largest absolute Gasteiger partial charge is 0.445 e. The molecule has 2 saturated heterocycles. The van der Waals surface area contributed by atoms with E-state index in [1.807, 2.05) is 50.5 Å². The van der Waals surface area contributed by atoms with Gasteiger partial charge in [0.05, 0.1) is 36.6 Å². The van der Waals surface area contributed by atoms with E-state index in [9.17, 15) is 9.90 Å². The fourth-order valence-corrected chi connectivity index (χ4v) is 4.34. The van der Waals surface area contributed by atoms with Crippen LogP contribution < -0.4 is 0 Å². The minimum Gasteiger partial charge on any atom is -0.445 e. The normalized spacial score (nSPS) is 27.4. The summed E-state index contributed by atoms with van der Waals surface area (Å²) < 4.78 is 12.9. The van der Waals surface area contributed by atoms with E-state index in [1.54, 1.807) is 9.58 Å². The van der Waals surface area contributed by atoms with Crippen molar-refractivity contribution in [1.29, 1.82) is 0 Å². The Morgan fingerprint density at radius 3 is 2.56 bits per heavy atom. The van der Waals surface area contributed by atoms with Crippen molar-refractivity contribution in [3.63, 3.8) is 0 Å². The van der Waals surface area contributed by atoms with E-state index in [-0.39, 0.29) is 24.8 Å². The summed E-state index contributed by atoms with van der Waals surface area (Å²) in [5.74, 6) is 0. The molecule has 0 saturated carbocycles. The van der Waals surface area contributed by atoms with Crippen molar-refractivity contribution in [2.24, 2.45) is 7.05 Å². The molecule has 27 heavy (non-hydrogen) atoms. The zero-order chi connectivity index (χ0) is 19.0. The summed E-state index contributed by atoms with van der Waals surface area (Å²) in [6, 6.07) is 9.19. The number of hydrogen-bond acceptors (Lipinski definition) is 5. The monoisotopic (exact) mass is 371 g/mol. The second kappa shape index (κ2) is 6.98. The lowest BCUT2D eigenvalue weighted by atomic mass is 9.77. The number of hydrogen-bond donors (Lipinski definition) is 1. The van der Waals surface area contributed by atoms with E-state index in [4.69, 9.17) is 9.47 Å². The third-order valence-corrected chi connectivity index (χ3v) is 5.48. The highest BCUT2D eigenvalue weighted by atomic mass is 16.6. The first-order chi connectivity index (χ1) is 13.0. The van der Waals surface area contributed by atoms with Crippen molar-refractivity contribution in [3.8, 4) is 0 Å². The molecule has 2 unspecified atom stereocenters. The van der Waals surface area contributed by atoms with E-state index in [2.05, 4.69) is 5.10 Å². The lowest BCUT2D eigenvalue weighted by molar-refractivity contribution is -0.137. The summed E-state index contributed by atoms with van der Waals surface area (Å²) in [4.78, 5) is 14.5. The molecule has 3 heterocycles. The minimum atomic E-state index is -1.01. The SMILES string of the molecule is Cc1nn(C)cc1C1(O)CC2COCC(C1)N2C(=O)OCc1ccccc1. The molecule has 2 fully saturated rings. The fourth-order valence-electron chi connectivity index (χ4n) is 4.34. The van der Waals surface area contributed by atoms with Gasteiger partial charge in [-0.1, -0.05) is 30.3 Å². The Hall–Kier alpha value is -2.38. The van der Waals surface area contributed by atoms with E-state index < -0.39 is 5.60 Å². The maximum Gasteiger partial charge on any atom is 0.410 e. The van der Waals surface area contributed by atoms with Crippen LogP contribution in [0.4, 0.5) is 4.79 Å². The number of benzene rings is 1. The molecule has 144 valence electrons. The van der Waals surface area contributed by atoms with Crippen LogP contribution in [0.5, 0.6) is 0 Å². The molecule has 2 aromatic rings. The van der Waals surface area contributed by atoms with Gasteiger partial charge in [-0.15, -0.1) is 0 Å². The molecule has 4 rings (SSSR count). The molecular weight excluding hydrogens is 346 g/mol. The number of amides is 1. The van der Waals surface area contributed by atoms with Gasteiger partial charge in [0.15, 0.2) is 0 Å². The number of rotatable bonds is 3. The summed E-state index contributed by atoms with van der Waals surface area (Å²) in [6.45, 7) is 2.94. The first-order valence-electron chi connectivity index (χ1n) is 9.26. The predicted molar refractivity (Wildman–Crippen MR) is 97.9 cm³/mol. The number of aromatic nitrogens is 2. The maximum absolute atomic E-state index is 12.8. The van der Waals surface area contributed by atoms with Crippen LogP contribution in [-0.2, 0) is 28.7 Å². The van der Waals surface area contributed by atoms with Crippen molar-refractivity contribution in [2.45, 2.75) is 44.1 Å². The summed E-state index contributed by atoms with van der Waals surface area (Å²) in [6.07, 6.45) is 2.35. The first-order valence-corrected chi connectivity index (χ1v) is 9.26. The van der Waals surface area contributed by atoms with Gasteiger partial charge < -0.3 is 14.6 Å². The maximum atomic E-state index is 12.8. The molecule has 7 nitrogen and oxygen atoms in total. The smallest absolute Gasteiger partial charge is 0.410 e. The van der Waals surface area contributed by atoms with Crippen LogP contribution in [0, 0.1) is 6.92 Å². The molecular formula is C20H25N3O4. The summed E-state index contributed by atoms with van der Waals surface area (Å²) >= 11 is 0. The van der Waals surface area contributed by atoms with Gasteiger partial charge in [-0.3, -0.25) is 9.58 Å². The summed E-state index contributed by atoms with van der Waals surface area (Å²) in [5.41, 5.74) is 1.60. The Balaban J connectivity index is 1.50. The van der Waals surface area contributed by atoms with Crippen LogP contribution in [0.2, 0.25) is 0 Å². The van der Waals surface area contributed by atoms with Gasteiger partial charge >= 0.3 is 6.09 Å². The van der Waals surface area contributed by atoms with Crippen LogP contribution in [0.3, 0.4) is 0 Å². The van der Waals surface area contributed by atoms with Crippen molar-refractivity contribution < 1.29 is 19.4 Å². The predicted octanol–water partition coefficient (Wildman–Crippen LogP) is 2.12. The molecule has 1 aromatic heterocycles. The van der Waals surface area contributed by atoms with Crippen LogP contribution in [-0.4, -0.2) is 51.2 Å². The average Bonchev–Trinajstić information content (AvgIpc) is 2.99. The molecule has 1 aromatic carbocycles. The molecule has 2 aliphatic rings. The zero-order valence-electron chi connectivity index (χ0n) is 15.7. The molecule has 7 heteroatoms. The Labute approximate surface area is 158 Å². The number of carbonyl (C=O) groups is 1. The molecule has 2 atom stereocenters. The molecule has 0 radical (unpaired) electrons. The Bertz CT molecular complexity index is 806. The Morgan fingerprint density at radius 1 is 1.30 bits per heavy atom. The van der Waals surface area contributed by atoms with Gasteiger partial charge in [0, 0.05) is 31.6 Å². The third kappa shape index (κ3) is 3.44. The average molecular weight is 371 g/mol. The van der Waals surface area contributed by atoms with E-state index >= 15 is 0 Å². The summed E-state index contributed by atoms with van der Waals surface area (Å²) in [5, 5.41) is 15.7. The third-order valence-electron chi connectivity index (χ3n) is 5.48. The lowest BCUT2D eigenvalue weighted by Crippen LogP contribution is -2.62. The zero-order valence-corrected chi connectivity index (χ0v) is 15.7. The van der Waals surface area contributed by atoms with E-state index in [0.717, 1.165) is 16.8 Å². The van der Waals surface area contributed by atoms with Crippen molar-refractivity contribution in [2.75, 3.05) is 13.2 Å². The number of nitrogens with zero attached hydrogens (tertiary/aromatic N) is 3. The quantitative estimate of drug-likeness (QED) is 0.894. The van der Waals surface area contributed by atoms with Crippen LogP contribution in [0.15, 0.2) is 36.5 Å². The second-order valence-electron chi connectivity index (χ2n) is 7.53. The fraction of sp³-hybridized carbons (Fsp3) is 0.500. The van der Waals surface area contributed by atoms with Gasteiger partial charge in [0.2, 0.25) is 0 Å². The summed E-state index contributed by atoms with van der Waals surface area (Å²) in [7, 11) is 1.85. The molecule has 2 aliphatic heterocycles. The number of morpholine rings is 1. The number of fused-ring (bicyclic) bond motifs is 2. The van der Waals surface area contributed by atoms with E-state index in [1.165, 1.54) is 0 Å². The van der Waals surface area contributed by atoms with Crippen molar-refractivity contribution in [1.82, 2.24) is 14.7 Å². The molecule has 1 amide bonds. The van der Waals surface area contributed by atoms with Gasteiger partial charge in [-0.25, -0.2) is 4.79 Å². The van der Waals surface area contributed by atoms with E-state index in [0.29, 0.717) is 26.1 Å². The van der Waals surface area contributed by atoms with Gasteiger partial charge in [0.1, 0.15) is 6.61 Å². The van der Waals surface area contributed by atoms with Crippen LogP contribution >= 0.6 is 0 Å². The van der Waals surface area contributed by atoms with Gasteiger partial charge in [-0.05, 0) is 12.5 Å². The Morgan fingerprint density at radius 2 is 1.96 bits per heavy atom. The minimum absolute atomic E-state index is 0.217. The number of ether oxygens (including phenoxy) is 2. The number of aliphatic hydroxyl groups is 1. The van der Waals surface area contributed by atoms with Crippen molar-refractivity contribution in [3.05, 3.63) is 53.3 Å². The topological polar surface area (TPSA) is 76.8 Å². The first kappa shape index (κ1) is 18.0. The van der Waals surface area contributed by atoms with Gasteiger partial charge in [-0.2, -0.15) is 5.10 Å². The van der Waals surface area contributed by atoms with Crippen LogP contribution in [0.25, 0.3) is 0 Å². The molecule has 0 aliphatic carbocycles. The Kier molecular flexibility index (Phi) is 4.65. The molecule has 2 bridgehead atoms. The molecule has 1 N–H and O–H groups in total. The molecule has 0 spiro atoms. The highest BCUT2D eigenvalue weighted by Gasteiger charge is 2.50. The number of piperidine rings is 1. The van der Waals surface area contributed by atoms with Gasteiger partial charge in [0.25, 0.3) is 0 Å². The number of aryl methyl sites for hydroxylation is 2. The second-order valence-corrected chi connectivity index (χ2v) is 7.53. The van der Waals surface area contributed by atoms with Crippen LogP contribution in [0.1, 0.15) is 29.7 Å².